The Kier molecular flexibility index (Phi) is 4.21. The maximum atomic E-state index is 11.8. The second-order valence-corrected chi connectivity index (χ2v) is 5.80. The highest BCUT2D eigenvalue weighted by Gasteiger charge is 2.17. The van der Waals surface area contributed by atoms with Gasteiger partial charge in [0, 0.05) is 11.3 Å². The molecule has 0 atom stereocenters. The van der Waals surface area contributed by atoms with Crippen molar-refractivity contribution in [3.63, 3.8) is 0 Å². The highest BCUT2D eigenvalue weighted by atomic mass is 16.5. The van der Waals surface area contributed by atoms with Crippen molar-refractivity contribution in [2.45, 2.75) is 6.92 Å². The maximum Gasteiger partial charge on any atom is 0.338 e. The van der Waals surface area contributed by atoms with E-state index in [1.807, 2.05) is 6.07 Å². The van der Waals surface area contributed by atoms with Crippen LogP contribution in [-0.4, -0.2) is 37.3 Å². The molecule has 0 aliphatic rings. The Balaban J connectivity index is 1.70. The summed E-state index contributed by atoms with van der Waals surface area (Å²) in [5, 5.41) is 16.1. The van der Waals surface area contributed by atoms with Crippen LogP contribution in [0.4, 0.5) is 11.5 Å². The predicted molar refractivity (Wildman–Crippen MR) is 100 cm³/mol. The number of carbonyl (C=O) groups is 1. The fraction of sp³-hybridized carbons (Fsp3) is 0.105. The monoisotopic (exact) mass is 363 g/mol. The van der Waals surface area contributed by atoms with Gasteiger partial charge in [0.05, 0.1) is 12.2 Å². The summed E-state index contributed by atoms with van der Waals surface area (Å²) in [5.74, 6) is 0.961. The molecule has 0 saturated carbocycles. The molecule has 27 heavy (non-hydrogen) atoms. The molecular weight excluding hydrogens is 346 g/mol. The van der Waals surface area contributed by atoms with E-state index in [1.54, 1.807) is 60.2 Å². The van der Waals surface area contributed by atoms with Gasteiger partial charge >= 0.3 is 5.97 Å². The number of carbonyl (C=O) groups excluding carboxylic acids is 1. The van der Waals surface area contributed by atoms with Crippen molar-refractivity contribution in [3.05, 3.63) is 60.4 Å². The average Bonchev–Trinajstić information content (AvgIpc) is 3.25. The molecule has 0 aliphatic heterocycles. The van der Waals surface area contributed by atoms with Crippen molar-refractivity contribution in [2.24, 2.45) is 0 Å². The molecule has 0 amide bonds. The summed E-state index contributed by atoms with van der Waals surface area (Å²) >= 11 is 0. The third-order valence-electron chi connectivity index (χ3n) is 4.00. The van der Waals surface area contributed by atoms with Gasteiger partial charge in [0.1, 0.15) is 17.8 Å². The third kappa shape index (κ3) is 3.20. The van der Waals surface area contributed by atoms with Gasteiger partial charge in [-0.15, -0.1) is 0 Å². The SMILES string of the molecule is CCOC(=O)c1ccc(Nc2c(-c3cccc(O)c3)nc3nc[nH]n23)cc1. The molecule has 0 saturated heterocycles. The summed E-state index contributed by atoms with van der Waals surface area (Å²) in [4.78, 5) is 20.5. The van der Waals surface area contributed by atoms with Gasteiger partial charge in [0.25, 0.3) is 5.78 Å². The summed E-state index contributed by atoms with van der Waals surface area (Å²) in [6.07, 6.45) is 1.55. The van der Waals surface area contributed by atoms with E-state index in [0.29, 0.717) is 29.5 Å². The molecule has 0 unspecified atom stereocenters. The minimum Gasteiger partial charge on any atom is -0.508 e. The lowest BCUT2D eigenvalue weighted by Gasteiger charge is -2.09. The number of aromatic amines is 1. The topological polar surface area (TPSA) is 105 Å². The normalized spacial score (nSPS) is 10.9. The van der Waals surface area contributed by atoms with Gasteiger partial charge in [-0.05, 0) is 43.3 Å². The molecule has 3 N–H and O–H groups in total. The Morgan fingerprint density at radius 2 is 2.07 bits per heavy atom. The number of nitrogens with one attached hydrogen (secondary N) is 2. The molecule has 2 aromatic carbocycles. The number of aromatic nitrogens is 4. The van der Waals surface area contributed by atoms with Crippen molar-refractivity contribution in [3.8, 4) is 17.0 Å². The number of esters is 1. The first kappa shape index (κ1) is 16.6. The van der Waals surface area contributed by atoms with Crippen LogP contribution in [0.1, 0.15) is 17.3 Å². The molecular formula is C19H17N5O3. The molecule has 4 aromatic rings. The standard InChI is InChI=1S/C19H17N5O3/c1-2-27-18(26)12-6-8-14(9-7-12)22-17-16(13-4-3-5-15(25)10-13)23-19-20-11-21-24(17)19/h3-11,22,25H,2H2,1H3,(H,20,21,23). The smallest absolute Gasteiger partial charge is 0.338 e. The Labute approximate surface area is 154 Å². The number of rotatable bonds is 5. The average molecular weight is 363 g/mol. The summed E-state index contributed by atoms with van der Waals surface area (Å²) < 4.78 is 6.71. The molecule has 8 nitrogen and oxygen atoms in total. The Morgan fingerprint density at radius 1 is 1.26 bits per heavy atom. The lowest BCUT2D eigenvalue weighted by molar-refractivity contribution is 0.0526. The fourth-order valence-electron chi connectivity index (χ4n) is 2.77. The number of nitrogens with zero attached hydrogens (tertiary/aromatic N) is 3. The second-order valence-electron chi connectivity index (χ2n) is 5.80. The first-order valence-electron chi connectivity index (χ1n) is 8.41. The number of phenols is 1. The van der Waals surface area contributed by atoms with Gasteiger partial charge in [-0.25, -0.2) is 19.3 Å². The lowest BCUT2D eigenvalue weighted by atomic mass is 10.1. The van der Waals surface area contributed by atoms with Gasteiger partial charge in [0.2, 0.25) is 0 Å². The van der Waals surface area contributed by atoms with Gasteiger partial charge < -0.3 is 15.2 Å². The number of phenolic OH excluding ortho intramolecular Hbond substituents is 1. The van der Waals surface area contributed by atoms with Crippen molar-refractivity contribution < 1.29 is 14.6 Å². The Bertz CT molecular complexity index is 1100. The van der Waals surface area contributed by atoms with E-state index < -0.39 is 0 Å². The van der Waals surface area contributed by atoms with Crippen LogP contribution in [0, 0.1) is 0 Å². The van der Waals surface area contributed by atoms with Crippen LogP contribution in [0.3, 0.4) is 0 Å². The van der Waals surface area contributed by atoms with E-state index in [9.17, 15) is 9.90 Å². The van der Waals surface area contributed by atoms with Gasteiger partial charge in [0.15, 0.2) is 5.82 Å². The largest absolute Gasteiger partial charge is 0.508 e. The van der Waals surface area contributed by atoms with E-state index in [2.05, 4.69) is 20.4 Å². The zero-order valence-electron chi connectivity index (χ0n) is 14.5. The van der Waals surface area contributed by atoms with Crippen LogP contribution in [0.15, 0.2) is 54.9 Å². The zero-order valence-corrected chi connectivity index (χ0v) is 14.5. The lowest BCUT2D eigenvalue weighted by Crippen LogP contribution is -2.04. The fourth-order valence-corrected chi connectivity index (χ4v) is 2.77. The number of hydrogen-bond donors (Lipinski definition) is 3. The van der Waals surface area contributed by atoms with Crippen LogP contribution >= 0.6 is 0 Å². The van der Waals surface area contributed by atoms with Gasteiger partial charge in [-0.2, -0.15) is 0 Å². The molecule has 0 aliphatic carbocycles. The number of H-pyrrole nitrogens is 1. The van der Waals surface area contributed by atoms with Crippen LogP contribution in [0.5, 0.6) is 5.75 Å². The first-order chi connectivity index (χ1) is 13.2. The summed E-state index contributed by atoms with van der Waals surface area (Å²) in [5.41, 5.74) is 2.63. The summed E-state index contributed by atoms with van der Waals surface area (Å²) in [7, 11) is 0. The molecule has 0 fully saturated rings. The molecule has 2 heterocycles. The summed E-state index contributed by atoms with van der Waals surface area (Å²) in [6, 6.07) is 13.8. The number of imidazole rings is 1. The quantitative estimate of drug-likeness (QED) is 0.470. The van der Waals surface area contributed by atoms with Crippen molar-refractivity contribution in [1.82, 2.24) is 19.6 Å². The highest BCUT2D eigenvalue weighted by molar-refractivity contribution is 5.90. The maximum absolute atomic E-state index is 11.8. The van der Waals surface area contributed by atoms with Crippen LogP contribution < -0.4 is 5.32 Å². The van der Waals surface area contributed by atoms with E-state index in [0.717, 1.165) is 11.3 Å². The second kappa shape index (κ2) is 6.83. The number of benzene rings is 2. The molecule has 2 aromatic heterocycles. The van der Waals surface area contributed by atoms with Crippen LogP contribution in [0.25, 0.3) is 17.0 Å². The minimum absolute atomic E-state index is 0.154. The number of aromatic hydroxyl groups is 1. The minimum atomic E-state index is -0.357. The predicted octanol–water partition coefficient (Wildman–Crippen LogP) is 3.35. The van der Waals surface area contributed by atoms with Crippen LogP contribution in [-0.2, 0) is 4.74 Å². The van der Waals surface area contributed by atoms with Gasteiger partial charge in [-0.3, -0.25) is 5.10 Å². The number of hydrogen-bond acceptors (Lipinski definition) is 6. The van der Waals surface area contributed by atoms with Crippen LogP contribution in [0.2, 0.25) is 0 Å². The third-order valence-corrected chi connectivity index (χ3v) is 4.00. The molecule has 0 radical (unpaired) electrons. The van der Waals surface area contributed by atoms with E-state index in [4.69, 9.17) is 4.74 Å². The first-order valence-corrected chi connectivity index (χ1v) is 8.41. The van der Waals surface area contributed by atoms with Crippen molar-refractivity contribution >= 4 is 23.3 Å². The zero-order chi connectivity index (χ0) is 18.8. The van der Waals surface area contributed by atoms with E-state index >= 15 is 0 Å². The van der Waals surface area contributed by atoms with E-state index in [1.165, 1.54) is 0 Å². The number of ether oxygens (including phenoxy) is 1. The highest BCUT2D eigenvalue weighted by Crippen LogP contribution is 2.31. The molecule has 8 heteroatoms. The molecule has 0 bridgehead atoms. The molecule has 0 spiro atoms. The van der Waals surface area contributed by atoms with Crippen molar-refractivity contribution in [1.29, 1.82) is 0 Å². The Hall–Kier alpha value is -3.81. The summed E-state index contributed by atoms with van der Waals surface area (Å²) in [6.45, 7) is 2.10. The number of anilines is 2. The molecule has 136 valence electrons. The van der Waals surface area contributed by atoms with Crippen molar-refractivity contribution in [2.75, 3.05) is 11.9 Å². The van der Waals surface area contributed by atoms with Gasteiger partial charge in [-0.1, -0.05) is 12.1 Å². The van der Waals surface area contributed by atoms with E-state index in [-0.39, 0.29) is 11.7 Å². The Morgan fingerprint density at radius 3 is 2.81 bits per heavy atom. The number of fused-ring (bicyclic) bond motifs is 1. The molecule has 4 rings (SSSR count).